The normalized spacial score (nSPS) is 9.82. The number of carbonyl (C=O) groups is 1. The maximum Gasteiger partial charge on any atom is 0.387 e. The molecule has 0 saturated heterocycles. The van der Waals surface area contributed by atoms with Gasteiger partial charge in [0.25, 0.3) is 0 Å². The summed E-state index contributed by atoms with van der Waals surface area (Å²) >= 11 is 0. The lowest BCUT2D eigenvalue weighted by molar-refractivity contribution is -0.115. The molecule has 1 aromatic rings. The summed E-state index contributed by atoms with van der Waals surface area (Å²) in [5.41, 5.74) is -0.245. The number of carbonyl (C=O) groups excluding carboxylic acids is 1. The van der Waals surface area contributed by atoms with Crippen molar-refractivity contribution < 1.29 is 22.7 Å². The molecule has 1 rings (SSSR count). The number of hydrogen-bond acceptors (Lipinski definition) is 3. The quantitative estimate of drug-likeness (QED) is 0.883. The van der Waals surface area contributed by atoms with Crippen LogP contribution < -0.4 is 10.1 Å². The van der Waals surface area contributed by atoms with Crippen molar-refractivity contribution in [2.75, 3.05) is 5.32 Å². The van der Waals surface area contributed by atoms with Crippen LogP contribution in [0.4, 0.5) is 18.9 Å². The number of nitriles is 1. The molecule has 0 aliphatic heterocycles. The molecule has 0 heterocycles. The fraction of sp³-hybridized carbons (Fsp3) is 0.200. The molecule has 0 saturated carbocycles. The van der Waals surface area contributed by atoms with Crippen LogP contribution in [-0.2, 0) is 4.79 Å². The molecule has 90 valence electrons. The Morgan fingerprint density at radius 1 is 1.53 bits per heavy atom. The third-order valence-electron chi connectivity index (χ3n) is 1.69. The number of nitrogens with one attached hydrogen (secondary N) is 1. The number of hydrogen-bond donors (Lipinski definition) is 1. The monoisotopic (exact) mass is 244 g/mol. The van der Waals surface area contributed by atoms with E-state index in [1.165, 1.54) is 12.1 Å². The van der Waals surface area contributed by atoms with Gasteiger partial charge in [-0.1, -0.05) is 6.07 Å². The summed E-state index contributed by atoms with van der Waals surface area (Å²) in [5.74, 6) is -2.52. The molecule has 1 amide bonds. The second kappa shape index (κ2) is 5.75. The number of rotatable bonds is 4. The van der Waals surface area contributed by atoms with Gasteiger partial charge in [0.05, 0.1) is 11.8 Å². The van der Waals surface area contributed by atoms with Crippen molar-refractivity contribution in [3.8, 4) is 11.8 Å². The number of para-hydroxylation sites is 1. The summed E-state index contributed by atoms with van der Waals surface area (Å²) in [4.78, 5) is 11.1. The Morgan fingerprint density at radius 3 is 2.82 bits per heavy atom. The second-order valence-corrected chi connectivity index (χ2v) is 2.88. The van der Waals surface area contributed by atoms with E-state index in [0.717, 1.165) is 6.07 Å². The molecule has 4 nitrogen and oxygen atoms in total. The summed E-state index contributed by atoms with van der Waals surface area (Å²) in [7, 11) is 0. The van der Waals surface area contributed by atoms with Gasteiger partial charge in [0.2, 0.25) is 5.91 Å². The number of anilines is 1. The Morgan fingerprint density at radius 2 is 2.24 bits per heavy atom. The average molecular weight is 244 g/mol. The van der Waals surface area contributed by atoms with Gasteiger partial charge >= 0.3 is 6.61 Å². The molecule has 0 bridgehead atoms. The van der Waals surface area contributed by atoms with Crippen LogP contribution in [-0.4, -0.2) is 12.5 Å². The molecule has 1 N–H and O–H groups in total. The number of nitrogens with zero attached hydrogens (tertiary/aromatic N) is 1. The highest BCUT2D eigenvalue weighted by atomic mass is 19.3. The number of halogens is 3. The summed E-state index contributed by atoms with van der Waals surface area (Å²) < 4.78 is 41.1. The van der Waals surface area contributed by atoms with E-state index in [2.05, 4.69) is 10.1 Å². The summed E-state index contributed by atoms with van der Waals surface area (Å²) in [6, 6.07) is 4.89. The van der Waals surface area contributed by atoms with Crippen LogP contribution in [0.1, 0.15) is 6.42 Å². The van der Waals surface area contributed by atoms with E-state index in [-0.39, 0.29) is 5.69 Å². The first-order valence-corrected chi connectivity index (χ1v) is 4.44. The number of benzene rings is 1. The molecule has 0 unspecified atom stereocenters. The van der Waals surface area contributed by atoms with Crippen LogP contribution in [0.15, 0.2) is 18.2 Å². The fourth-order valence-electron chi connectivity index (χ4n) is 1.08. The standard InChI is InChI=1S/C10H7F3N2O2/c11-6-2-1-3-7(9(6)17-10(12)13)15-8(16)4-5-14/h1-3,10H,4H2,(H,15,16). The van der Waals surface area contributed by atoms with Gasteiger partial charge in [0.1, 0.15) is 6.42 Å². The SMILES string of the molecule is N#CCC(=O)Nc1cccc(F)c1OC(F)F. The molecule has 0 fully saturated rings. The van der Waals surface area contributed by atoms with Crippen molar-refractivity contribution in [1.29, 1.82) is 5.26 Å². The van der Waals surface area contributed by atoms with E-state index in [9.17, 15) is 18.0 Å². The first kappa shape index (κ1) is 12.8. The third kappa shape index (κ3) is 3.68. The van der Waals surface area contributed by atoms with Gasteiger partial charge in [0.15, 0.2) is 11.6 Å². The van der Waals surface area contributed by atoms with Gasteiger partial charge in [-0.15, -0.1) is 0 Å². The molecular formula is C10H7F3N2O2. The van der Waals surface area contributed by atoms with Gasteiger partial charge in [-0.05, 0) is 12.1 Å². The van der Waals surface area contributed by atoms with Crippen molar-refractivity contribution in [2.24, 2.45) is 0 Å². The van der Waals surface area contributed by atoms with E-state index in [0.29, 0.717) is 0 Å². The molecule has 1 aromatic carbocycles. The minimum absolute atomic E-state index is 0.245. The Kier molecular flexibility index (Phi) is 4.34. The van der Waals surface area contributed by atoms with Gasteiger partial charge in [-0.25, -0.2) is 4.39 Å². The lowest BCUT2D eigenvalue weighted by atomic mass is 10.2. The molecule has 0 aliphatic rings. The Hall–Kier alpha value is -2.23. The van der Waals surface area contributed by atoms with Gasteiger partial charge in [0, 0.05) is 0 Å². The summed E-state index contributed by atoms with van der Waals surface area (Å²) in [6.07, 6.45) is -0.468. The smallest absolute Gasteiger partial charge is 0.387 e. The van der Waals surface area contributed by atoms with E-state index in [4.69, 9.17) is 5.26 Å². The van der Waals surface area contributed by atoms with Crippen LogP contribution in [0, 0.1) is 17.1 Å². The van der Waals surface area contributed by atoms with Crippen LogP contribution >= 0.6 is 0 Å². The lowest BCUT2D eigenvalue weighted by Gasteiger charge is -2.11. The average Bonchev–Trinajstić information content (AvgIpc) is 2.23. The van der Waals surface area contributed by atoms with Crippen molar-refractivity contribution in [3.05, 3.63) is 24.0 Å². The molecule has 0 atom stereocenters. The number of amides is 1. The van der Waals surface area contributed by atoms with Crippen molar-refractivity contribution in [3.63, 3.8) is 0 Å². The predicted molar refractivity (Wildman–Crippen MR) is 51.9 cm³/mol. The van der Waals surface area contributed by atoms with E-state index in [1.807, 2.05) is 0 Å². The zero-order valence-corrected chi connectivity index (χ0v) is 8.41. The van der Waals surface area contributed by atoms with Crippen molar-refractivity contribution >= 4 is 11.6 Å². The highest BCUT2D eigenvalue weighted by Gasteiger charge is 2.16. The van der Waals surface area contributed by atoms with E-state index < -0.39 is 30.5 Å². The molecule has 0 aliphatic carbocycles. The molecular weight excluding hydrogens is 237 g/mol. The largest absolute Gasteiger partial charge is 0.429 e. The highest BCUT2D eigenvalue weighted by molar-refractivity contribution is 5.93. The highest BCUT2D eigenvalue weighted by Crippen LogP contribution is 2.29. The topological polar surface area (TPSA) is 62.1 Å². The molecule has 0 aromatic heterocycles. The first-order valence-electron chi connectivity index (χ1n) is 4.44. The fourth-order valence-corrected chi connectivity index (χ4v) is 1.08. The number of ether oxygens (including phenoxy) is 1. The van der Waals surface area contributed by atoms with Crippen LogP contribution in [0.25, 0.3) is 0 Å². The predicted octanol–water partition coefficient (Wildman–Crippen LogP) is 2.28. The second-order valence-electron chi connectivity index (χ2n) is 2.88. The van der Waals surface area contributed by atoms with Gasteiger partial charge in [-0.3, -0.25) is 4.79 Å². The number of alkyl halides is 2. The van der Waals surface area contributed by atoms with Gasteiger partial charge in [-0.2, -0.15) is 14.0 Å². The maximum atomic E-state index is 13.2. The summed E-state index contributed by atoms with van der Waals surface area (Å²) in [6.45, 7) is -3.21. The van der Waals surface area contributed by atoms with Crippen LogP contribution in [0.2, 0.25) is 0 Å². The Labute approximate surface area is 94.6 Å². The molecule has 0 spiro atoms. The van der Waals surface area contributed by atoms with Crippen LogP contribution in [0.5, 0.6) is 5.75 Å². The van der Waals surface area contributed by atoms with Gasteiger partial charge < -0.3 is 10.1 Å². The first-order chi connectivity index (χ1) is 8.04. The van der Waals surface area contributed by atoms with Crippen molar-refractivity contribution in [1.82, 2.24) is 0 Å². The summed E-state index contributed by atoms with van der Waals surface area (Å²) in [5, 5.41) is 10.3. The van der Waals surface area contributed by atoms with Crippen molar-refractivity contribution in [2.45, 2.75) is 13.0 Å². The third-order valence-corrected chi connectivity index (χ3v) is 1.69. The van der Waals surface area contributed by atoms with Crippen LogP contribution in [0.3, 0.4) is 0 Å². The minimum Gasteiger partial charge on any atom is -0.429 e. The lowest BCUT2D eigenvalue weighted by Crippen LogP contribution is -2.13. The molecule has 17 heavy (non-hydrogen) atoms. The Bertz CT molecular complexity index is 457. The molecule has 7 heteroatoms. The minimum atomic E-state index is -3.21. The zero-order valence-electron chi connectivity index (χ0n) is 8.41. The zero-order chi connectivity index (χ0) is 12.8. The molecule has 0 radical (unpaired) electrons. The maximum absolute atomic E-state index is 13.2. The Balaban J connectivity index is 2.94. The van der Waals surface area contributed by atoms with E-state index >= 15 is 0 Å². The van der Waals surface area contributed by atoms with E-state index in [1.54, 1.807) is 6.07 Å².